The third-order valence-electron chi connectivity index (χ3n) is 5.09. The summed E-state index contributed by atoms with van der Waals surface area (Å²) in [4.78, 5) is 17.2. The molecule has 2 atom stereocenters. The highest BCUT2D eigenvalue weighted by Crippen LogP contribution is 2.37. The van der Waals surface area contributed by atoms with E-state index in [1.807, 2.05) is 26.8 Å². The van der Waals surface area contributed by atoms with E-state index in [0.29, 0.717) is 13.2 Å². The van der Waals surface area contributed by atoms with Crippen LogP contribution in [-0.4, -0.2) is 47.6 Å². The van der Waals surface area contributed by atoms with Gasteiger partial charge in [-0.15, -0.1) is 0 Å². The molecule has 7 nitrogen and oxygen atoms in total. The Kier molecular flexibility index (Phi) is 5.11. The minimum Gasteiger partial charge on any atom is -0.493 e. The number of amides is 1. The third-order valence-corrected chi connectivity index (χ3v) is 6.05. The van der Waals surface area contributed by atoms with E-state index in [0.717, 1.165) is 33.9 Å². The molecule has 158 valence electrons. The summed E-state index contributed by atoms with van der Waals surface area (Å²) in [6.07, 6.45) is 1.20. The molecule has 0 radical (unpaired) electrons. The van der Waals surface area contributed by atoms with Crippen molar-refractivity contribution in [3.63, 3.8) is 0 Å². The molecule has 0 saturated carbocycles. The van der Waals surface area contributed by atoms with Crippen LogP contribution in [0, 0.1) is 0 Å². The van der Waals surface area contributed by atoms with Crippen LogP contribution in [-0.2, 0) is 15.9 Å². The molecule has 29 heavy (non-hydrogen) atoms. The lowest BCUT2D eigenvalue weighted by molar-refractivity contribution is -0.0706. The Morgan fingerprint density at radius 2 is 2.10 bits per heavy atom. The zero-order valence-electron chi connectivity index (χ0n) is 17.6. The maximum absolute atomic E-state index is 12.3. The maximum atomic E-state index is 12.3. The molecule has 8 heteroatoms. The molecule has 2 aliphatic rings. The number of nitrogens with one attached hydrogen (secondary N) is 2. The molecule has 0 bridgehead atoms. The van der Waals surface area contributed by atoms with Gasteiger partial charge in [0.05, 0.1) is 41.1 Å². The lowest BCUT2D eigenvalue weighted by Crippen LogP contribution is -2.57. The number of alkyl carbamates (subject to hydrolysis) is 1. The van der Waals surface area contributed by atoms with Crippen LogP contribution in [0.2, 0.25) is 0 Å². The van der Waals surface area contributed by atoms with Crippen LogP contribution in [0.3, 0.4) is 0 Å². The molecule has 1 saturated heterocycles. The molecule has 4 rings (SSSR count). The molecule has 2 aromatic rings. The number of aromatic nitrogens is 1. The summed E-state index contributed by atoms with van der Waals surface area (Å²) in [5, 5.41) is 7.37. The van der Waals surface area contributed by atoms with Crippen molar-refractivity contribution in [1.29, 1.82) is 0 Å². The molecule has 1 fully saturated rings. The van der Waals surface area contributed by atoms with E-state index in [1.165, 1.54) is 5.56 Å². The number of thiazole rings is 1. The van der Waals surface area contributed by atoms with Crippen molar-refractivity contribution in [3.8, 4) is 5.75 Å². The first-order valence-electron chi connectivity index (χ1n) is 10.0. The first kappa shape index (κ1) is 20.2. The lowest BCUT2D eigenvalue weighted by Gasteiger charge is -2.41. The number of anilines is 1. The summed E-state index contributed by atoms with van der Waals surface area (Å²) in [6.45, 7) is 10.8. The van der Waals surface area contributed by atoms with Gasteiger partial charge in [0.2, 0.25) is 0 Å². The van der Waals surface area contributed by atoms with Gasteiger partial charge in [0.15, 0.2) is 5.13 Å². The largest absolute Gasteiger partial charge is 0.493 e. The van der Waals surface area contributed by atoms with Gasteiger partial charge in [0.25, 0.3) is 0 Å². The van der Waals surface area contributed by atoms with Gasteiger partial charge in [-0.25, -0.2) is 9.78 Å². The van der Waals surface area contributed by atoms with E-state index < -0.39 is 11.7 Å². The average molecular weight is 420 g/mol. The second-order valence-corrected chi connectivity index (χ2v) is 10.3. The summed E-state index contributed by atoms with van der Waals surface area (Å²) in [5.41, 5.74) is 1.37. The number of nitrogens with zero attached hydrogens (tertiary/aromatic N) is 1. The monoisotopic (exact) mass is 419 g/mol. The predicted molar refractivity (Wildman–Crippen MR) is 114 cm³/mol. The Bertz CT molecular complexity index is 919. The quantitative estimate of drug-likeness (QED) is 0.779. The normalized spacial score (nSPS) is 23.3. The van der Waals surface area contributed by atoms with Crippen LogP contribution >= 0.6 is 11.3 Å². The van der Waals surface area contributed by atoms with Crippen molar-refractivity contribution in [2.45, 2.75) is 70.7 Å². The Hall–Kier alpha value is -2.06. The van der Waals surface area contributed by atoms with E-state index in [1.54, 1.807) is 11.3 Å². The van der Waals surface area contributed by atoms with Gasteiger partial charge in [-0.05, 0) is 53.2 Å². The van der Waals surface area contributed by atoms with E-state index >= 15 is 0 Å². The molecule has 0 unspecified atom stereocenters. The fraction of sp³-hybridized carbons (Fsp3) is 0.619. The van der Waals surface area contributed by atoms with Gasteiger partial charge in [-0.1, -0.05) is 11.3 Å². The van der Waals surface area contributed by atoms with Gasteiger partial charge >= 0.3 is 6.09 Å². The van der Waals surface area contributed by atoms with Gasteiger partial charge in [0, 0.05) is 12.0 Å². The number of fused-ring (bicyclic) bond motifs is 3. The topological polar surface area (TPSA) is 81.7 Å². The highest BCUT2D eigenvalue weighted by Gasteiger charge is 2.38. The molecule has 2 N–H and O–H groups in total. The molecular formula is C21H29N3O4S. The number of hydrogen-bond donors (Lipinski definition) is 2. The summed E-state index contributed by atoms with van der Waals surface area (Å²) in [6, 6.07) is 3.86. The molecule has 1 aromatic heterocycles. The van der Waals surface area contributed by atoms with Crippen molar-refractivity contribution >= 4 is 32.8 Å². The summed E-state index contributed by atoms with van der Waals surface area (Å²) >= 11 is 1.63. The molecule has 3 heterocycles. The highest BCUT2D eigenvalue weighted by atomic mass is 32.1. The first-order chi connectivity index (χ1) is 13.6. The number of carbonyl (C=O) groups excluding carboxylic acids is 1. The molecule has 0 aliphatic carbocycles. The first-order valence-corrected chi connectivity index (χ1v) is 10.9. The van der Waals surface area contributed by atoms with Crippen LogP contribution in [0.1, 0.15) is 46.6 Å². The fourth-order valence-corrected chi connectivity index (χ4v) is 4.76. The Labute approximate surface area is 175 Å². The smallest absolute Gasteiger partial charge is 0.408 e. The van der Waals surface area contributed by atoms with Crippen molar-refractivity contribution in [3.05, 3.63) is 17.7 Å². The SMILES string of the molecule is CC(C)(C)OC(=O)N[C@H]1COC(C)(C)C[C@H]1Nc1nc2c3c(ccc2s1)OCC3. The second-order valence-electron chi connectivity index (χ2n) is 9.28. The van der Waals surface area contributed by atoms with Crippen molar-refractivity contribution < 1.29 is 19.0 Å². The van der Waals surface area contributed by atoms with Crippen LogP contribution in [0.15, 0.2) is 12.1 Å². The fourth-order valence-electron chi connectivity index (χ4n) is 3.81. The van der Waals surface area contributed by atoms with Crippen LogP contribution in [0.25, 0.3) is 10.2 Å². The summed E-state index contributed by atoms with van der Waals surface area (Å²) in [5.74, 6) is 0.936. The van der Waals surface area contributed by atoms with E-state index in [9.17, 15) is 4.79 Å². The Morgan fingerprint density at radius 1 is 1.31 bits per heavy atom. The number of hydrogen-bond acceptors (Lipinski definition) is 7. The molecular weight excluding hydrogens is 390 g/mol. The lowest BCUT2D eigenvalue weighted by atomic mass is 9.91. The summed E-state index contributed by atoms with van der Waals surface area (Å²) < 4.78 is 18.2. The Balaban J connectivity index is 1.53. The Morgan fingerprint density at radius 3 is 2.86 bits per heavy atom. The van der Waals surface area contributed by atoms with Gasteiger partial charge in [0.1, 0.15) is 11.4 Å². The maximum Gasteiger partial charge on any atom is 0.408 e. The van der Waals surface area contributed by atoms with E-state index in [4.69, 9.17) is 19.2 Å². The van der Waals surface area contributed by atoms with E-state index in [-0.39, 0.29) is 17.7 Å². The average Bonchev–Trinajstić information content (AvgIpc) is 3.20. The predicted octanol–water partition coefficient (Wildman–Crippen LogP) is 4.10. The standard InChI is InChI=1S/C21H29N3O4S/c1-20(2,3)28-19(25)23-14-11-27-21(4,5)10-13(14)22-18-24-17-12-8-9-26-15(12)6-7-16(17)29-18/h6-7,13-14H,8-11H2,1-5H3,(H,22,24)(H,23,25)/t13-,14+/m1/s1. The number of ether oxygens (including phenoxy) is 3. The third kappa shape index (κ3) is 4.59. The van der Waals surface area contributed by atoms with Crippen molar-refractivity contribution in [1.82, 2.24) is 10.3 Å². The molecule has 1 aromatic carbocycles. The minimum absolute atomic E-state index is 0.0175. The molecule has 0 spiro atoms. The number of carbonyl (C=O) groups is 1. The van der Waals surface area contributed by atoms with Gasteiger partial charge in [-0.2, -0.15) is 0 Å². The van der Waals surface area contributed by atoms with Crippen LogP contribution < -0.4 is 15.4 Å². The summed E-state index contributed by atoms with van der Waals surface area (Å²) in [7, 11) is 0. The number of benzene rings is 1. The van der Waals surface area contributed by atoms with Gasteiger partial charge in [-0.3, -0.25) is 0 Å². The zero-order valence-corrected chi connectivity index (χ0v) is 18.4. The van der Waals surface area contributed by atoms with Crippen molar-refractivity contribution in [2.75, 3.05) is 18.5 Å². The van der Waals surface area contributed by atoms with Crippen LogP contribution in [0.4, 0.5) is 9.93 Å². The minimum atomic E-state index is -0.544. The van der Waals surface area contributed by atoms with Crippen LogP contribution in [0.5, 0.6) is 5.75 Å². The van der Waals surface area contributed by atoms with Crippen molar-refractivity contribution in [2.24, 2.45) is 0 Å². The second kappa shape index (κ2) is 7.32. The van der Waals surface area contributed by atoms with E-state index in [2.05, 4.69) is 30.5 Å². The van der Waals surface area contributed by atoms with Gasteiger partial charge < -0.3 is 24.8 Å². The molecule has 2 aliphatic heterocycles. The molecule has 1 amide bonds. The highest BCUT2D eigenvalue weighted by molar-refractivity contribution is 7.22. The zero-order chi connectivity index (χ0) is 20.8. The number of rotatable bonds is 3.